The van der Waals surface area contributed by atoms with Gasteiger partial charge in [0.2, 0.25) is 0 Å². The summed E-state index contributed by atoms with van der Waals surface area (Å²) in [4.78, 5) is 11.7. The number of nitrogens with zero attached hydrogens (tertiary/aromatic N) is 2. The fourth-order valence-corrected chi connectivity index (χ4v) is 1.81. The largest absolute Gasteiger partial charge is 0.462 e. The number of ether oxygens (including phenoxy) is 1. The molecule has 1 aromatic rings. The quantitative estimate of drug-likeness (QED) is 0.594. The van der Waals surface area contributed by atoms with E-state index in [4.69, 9.17) is 4.74 Å². The maximum atomic E-state index is 11.7. The molecule has 0 spiro atoms. The molecule has 0 aliphatic heterocycles. The van der Waals surface area contributed by atoms with E-state index in [2.05, 4.69) is 17.3 Å². The number of allylic oxidation sites excluding steroid dienone is 2. The van der Waals surface area contributed by atoms with Gasteiger partial charge in [-0.15, -0.1) is 0 Å². The fraction of sp³-hybridized carbons (Fsp3) is 0.538. The van der Waals surface area contributed by atoms with Gasteiger partial charge in [-0.1, -0.05) is 12.2 Å². The van der Waals surface area contributed by atoms with Gasteiger partial charge >= 0.3 is 5.97 Å². The Morgan fingerprint density at radius 2 is 2.24 bits per heavy atom. The van der Waals surface area contributed by atoms with Crippen LogP contribution < -0.4 is 0 Å². The van der Waals surface area contributed by atoms with E-state index in [0.29, 0.717) is 18.1 Å². The molecule has 1 aliphatic carbocycles. The Labute approximate surface area is 101 Å². The third-order valence-corrected chi connectivity index (χ3v) is 2.92. The second-order valence-corrected chi connectivity index (χ2v) is 4.71. The molecule has 0 fully saturated rings. The van der Waals surface area contributed by atoms with Gasteiger partial charge in [-0.05, 0) is 32.6 Å². The fourth-order valence-electron chi connectivity index (χ4n) is 1.81. The van der Waals surface area contributed by atoms with Crippen LogP contribution in [-0.2, 0) is 4.74 Å². The van der Waals surface area contributed by atoms with Gasteiger partial charge in [-0.25, -0.2) is 4.79 Å². The Morgan fingerprint density at radius 3 is 2.82 bits per heavy atom. The Bertz CT molecular complexity index is 413. The van der Waals surface area contributed by atoms with Gasteiger partial charge < -0.3 is 4.74 Å². The van der Waals surface area contributed by atoms with Crippen LogP contribution in [-0.4, -0.2) is 22.4 Å². The van der Waals surface area contributed by atoms with Crippen LogP contribution in [0.3, 0.4) is 0 Å². The number of rotatable bonds is 4. The minimum absolute atomic E-state index is 0.260. The average Bonchev–Trinajstić information content (AvgIpc) is 2.96. The number of aromatic nitrogens is 2. The van der Waals surface area contributed by atoms with Crippen molar-refractivity contribution >= 4 is 5.97 Å². The summed E-state index contributed by atoms with van der Waals surface area (Å²) in [5.41, 5.74) is 0.532. The highest BCUT2D eigenvalue weighted by Crippen LogP contribution is 2.18. The van der Waals surface area contributed by atoms with Crippen molar-refractivity contribution in [3.8, 4) is 0 Å². The number of carbonyl (C=O) groups excluding carboxylic acids is 1. The first kappa shape index (κ1) is 11.9. The van der Waals surface area contributed by atoms with Gasteiger partial charge in [0.05, 0.1) is 18.4 Å². The number of carbonyl (C=O) groups is 1. The Kier molecular flexibility index (Phi) is 3.61. The van der Waals surface area contributed by atoms with E-state index in [-0.39, 0.29) is 12.0 Å². The van der Waals surface area contributed by atoms with Crippen molar-refractivity contribution in [2.24, 2.45) is 5.92 Å². The number of esters is 1. The topological polar surface area (TPSA) is 44.1 Å². The molecule has 0 unspecified atom stereocenters. The zero-order valence-electron chi connectivity index (χ0n) is 10.3. The molecular weight excluding hydrogens is 216 g/mol. The van der Waals surface area contributed by atoms with Crippen LogP contribution in [0, 0.1) is 5.92 Å². The molecule has 2 rings (SSSR count). The summed E-state index contributed by atoms with van der Waals surface area (Å²) >= 11 is 0. The van der Waals surface area contributed by atoms with Crippen LogP contribution >= 0.6 is 0 Å². The van der Waals surface area contributed by atoms with Crippen LogP contribution in [0.2, 0.25) is 0 Å². The van der Waals surface area contributed by atoms with Gasteiger partial charge in [0.25, 0.3) is 0 Å². The van der Waals surface area contributed by atoms with E-state index >= 15 is 0 Å². The maximum Gasteiger partial charge on any atom is 0.341 e. The highest BCUT2D eigenvalue weighted by Gasteiger charge is 2.15. The lowest BCUT2D eigenvalue weighted by Gasteiger charge is -2.09. The Morgan fingerprint density at radius 1 is 1.53 bits per heavy atom. The summed E-state index contributed by atoms with van der Waals surface area (Å²) in [7, 11) is 0. The van der Waals surface area contributed by atoms with Crippen molar-refractivity contribution in [1.82, 2.24) is 9.78 Å². The van der Waals surface area contributed by atoms with Crippen LogP contribution in [0.25, 0.3) is 0 Å². The average molecular weight is 234 g/mol. The minimum Gasteiger partial charge on any atom is -0.462 e. The van der Waals surface area contributed by atoms with Gasteiger partial charge in [0, 0.05) is 12.2 Å². The lowest BCUT2D eigenvalue weighted by atomic mass is 10.1. The molecule has 0 saturated heterocycles. The smallest absolute Gasteiger partial charge is 0.341 e. The zero-order valence-corrected chi connectivity index (χ0v) is 10.3. The molecule has 1 heterocycles. The highest BCUT2D eigenvalue weighted by molar-refractivity contribution is 5.88. The highest BCUT2D eigenvalue weighted by atomic mass is 16.5. The maximum absolute atomic E-state index is 11.7. The first-order valence-corrected chi connectivity index (χ1v) is 6.03. The standard InChI is InChI=1S/C13H18N2O2/c1-10(2)15-8-12(7-14-15)13(16)17-9-11-5-3-4-6-11/h3-4,7-8,10-11H,5-6,9H2,1-2H3. The second kappa shape index (κ2) is 5.17. The SMILES string of the molecule is CC(C)n1cc(C(=O)OCC2CC=CC2)cn1. The molecule has 0 radical (unpaired) electrons. The van der Waals surface area contributed by atoms with Gasteiger partial charge in [-0.2, -0.15) is 5.10 Å². The van der Waals surface area contributed by atoms with E-state index in [1.54, 1.807) is 17.1 Å². The van der Waals surface area contributed by atoms with E-state index in [0.717, 1.165) is 12.8 Å². The van der Waals surface area contributed by atoms with Crippen molar-refractivity contribution in [2.45, 2.75) is 32.7 Å². The van der Waals surface area contributed by atoms with Gasteiger partial charge in [0.15, 0.2) is 0 Å². The second-order valence-electron chi connectivity index (χ2n) is 4.71. The normalized spacial score (nSPS) is 15.7. The predicted molar refractivity (Wildman–Crippen MR) is 64.8 cm³/mol. The summed E-state index contributed by atoms with van der Waals surface area (Å²) in [6, 6.07) is 0.260. The molecule has 4 heteroatoms. The molecule has 0 N–H and O–H groups in total. The Hall–Kier alpha value is -1.58. The number of hydrogen-bond donors (Lipinski definition) is 0. The van der Waals surface area contributed by atoms with Crippen molar-refractivity contribution in [1.29, 1.82) is 0 Å². The third kappa shape index (κ3) is 2.96. The molecule has 0 amide bonds. The van der Waals surface area contributed by atoms with E-state index in [1.807, 2.05) is 13.8 Å². The van der Waals surface area contributed by atoms with Crippen molar-refractivity contribution in [3.63, 3.8) is 0 Å². The summed E-state index contributed by atoms with van der Waals surface area (Å²) in [6.45, 7) is 4.54. The van der Waals surface area contributed by atoms with E-state index in [1.165, 1.54) is 0 Å². The molecule has 1 aromatic heterocycles. The van der Waals surface area contributed by atoms with Crippen LogP contribution in [0.1, 0.15) is 43.1 Å². The van der Waals surface area contributed by atoms with Crippen LogP contribution in [0.15, 0.2) is 24.5 Å². The molecule has 0 bridgehead atoms. The number of hydrogen-bond acceptors (Lipinski definition) is 3. The molecule has 0 saturated carbocycles. The molecule has 17 heavy (non-hydrogen) atoms. The summed E-state index contributed by atoms with van der Waals surface area (Å²) in [6.07, 6.45) is 9.59. The van der Waals surface area contributed by atoms with Gasteiger partial charge in [0.1, 0.15) is 0 Å². The molecule has 92 valence electrons. The minimum atomic E-state index is -0.274. The lowest BCUT2D eigenvalue weighted by Crippen LogP contribution is -2.12. The molecule has 4 nitrogen and oxygen atoms in total. The summed E-state index contributed by atoms with van der Waals surface area (Å²) in [5, 5.41) is 4.12. The van der Waals surface area contributed by atoms with E-state index < -0.39 is 0 Å². The first-order chi connectivity index (χ1) is 8.16. The van der Waals surface area contributed by atoms with Gasteiger partial charge in [-0.3, -0.25) is 4.68 Å². The monoisotopic (exact) mass is 234 g/mol. The summed E-state index contributed by atoms with van der Waals surface area (Å²) < 4.78 is 7.03. The van der Waals surface area contributed by atoms with Crippen molar-refractivity contribution in [3.05, 3.63) is 30.1 Å². The predicted octanol–water partition coefficient (Wildman–Crippen LogP) is 2.59. The first-order valence-electron chi connectivity index (χ1n) is 6.03. The third-order valence-electron chi connectivity index (χ3n) is 2.92. The van der Waals surface area contributed by atoms with E-state index in [9.17, 15) is 4.79 Å². The van der Waals surface area contributed by atoms with Crippen molar-refractivity contribution in [2.75, 3.05) is 6.61 Å². The lowest BCUT2D eigenvalue weighted by molar-refractivity contribution is 0.0446. The Balaban J connectivity index is 1.86. The molecule has 1 aliphatic rings. The summed E-state index contributed by atoms with van der Waals surface area (Å²) in [5.74, 6) is 0.183. The molecular formula is C13H18N2O2. The van der Waals surface area contributed by atoms with Crippen LogP contribution in [0.5, 0.6) is 0 Å². The van der Waals surface area contributed by atoms with Crippen LogP contribution in [0.4, 0.5) is 0 Å². The molecule has 0 atom stereocenters. The zero-order chi connectivity index (χ0) is 12.3. The molecule has 0 aromatic carbocycles. The van der Waals surface area contributed by atoms with Crippen molar-refractivity contribution < 1.29 is 9.53 Å².